The molecule has 0 radical (unpaired) electrons. The Hall–Kier alpha value is -2.58. The maximum absolute atomic E-state index is 11.0. The average Bonchev–Trinajstić information content (AvgIpc) is 2.61. The summed E-state index contributed by atoms with van der Waals surface area (Å²) in [5, 5.41) is 11.5. The van der Waals surface area contributed by atoms with Gasteiger partial charge in [0.2, 0.25) is 0 Å². The lowest BCUT2D eigenvalue weighted by molar-refractivity contribution is 0.684. The van der Waals surface area contributed by atoms with Crippen molar-refractivity contribution in [3.63, 3.8) is 0 Å². The Morgan fingerprint density at radius 1 is 1.17 bits per heavy atom. The first-order valence-electron chi connectivity index (χ1n) is 7.44. The summed E-state index contributed by atoms with van der Waals surface area (Å²) in [6, 6.07) is 9.87. The molecule has 2 heterocycles. The second-order valence-electron chi connectivity index (χ2n) is 5.12. The van der Waals surface area contributed by atoms with Crippen LogP contribution < -0.4 is 15.8 Å². The van der Waals surface area contributed by atoms with Crippen LogP contribution in [0.15, 0.2) is 42.7 Å². The van der Waals surface area contributed by atoms with Crippen molar-refractivity contribution in [2.24, 2.45) is 5.14 Å². The molecule has 1 aromatic carbocycles. The van der Waals surface area contributed by atoms with Gasteiger partial charge in [0.15, 0.2) is 5.82 Å². The van der Waals surface area contributed by atoms with Gasteiger partial charge in [-0.05, 0) is 18.2 Å². The van der Waals surface area contributed by atoms with E-state index in [0.717, 1.165) is 22.5 Å². The summed E-state index contributed by atoms with van der Waals surface area (Å²) in [4.78, 5) is 13.4. The molecule has 8 heteroatoms. The van der Waals surface area contributed by atoms with Crippen LogP contribution in [0.1, 0.15) is 0 Å². The molecule has 7 nitrogen and oxygen atoms in total. The number of nitrogens with one attached hydrogen (secondary N) is 2. The zero-order chi connectivity index (χ0) is 16.9. The average molecular weight is 342 g/mol. The second-order valence-corrected chi connectivity index (χ2v) is 6.29. The molecule has 3 rings (SSSR count). The van der Waals surface area contributed by atoms with Crippen molar-refractivity contribution < 1.29 is 4.21 Å². The molecule has 0 saturated heterocycles. The smallest absolute Gasteiger partial charge is 0.154 e. The standard InChI is InChI=1S/C16H18N6OS/c1-18-12-4-2-11(3-5-12)13-10-14-15(20-7-6-19-14)16(22-13)21-8-9-24(17)23/h2-7,10,18H,8-9,17H2,1H3,(H,21,22). The van der Waals surface area contributed by atoms with E-state index in [0.29, 0.717) is 23.6 Å². The van der Waals surface area contributed by atoms with E-state index in [4.69, 9.17) is 5.14 Å². The minimum absolute atomic E-state index is 0.338. The molecule has 0 saturated carbocycles. The SMILES string of the molecule is CNc1ccc(-c2cc3nccnc3c(NCCS(N)=O)n2)cc1. The number of fused-ring (bicyclic) bond motifs is 1. The van der Waals surface area contributed by atoms with Crippen LogP contribution in [0.25, 0.3) is 22.3 Å². The number of hydrogen-bond acceptors (Lipinski definition) is 6. The molecule has 24 heavy (non-hydrogen) atoms. The molecule has 1 atom stereocenters. The van der Waals surface area contributed by atoms with Crippen molar-refractivity contribution in [1.82, 2.24) is 15.0 Å². The lowest BCUT2D eigenvalue weighted by atomic mass is 10.1. The Kier molecular flexibility index (Phi) is 4.97. The van der Waals surface area contributed by atoms with Gasteiger partial charge in [0.25, 0.3) is 0 Å². The summed E-state index contributed by atoms with van der Waals surface area (Å²) < 4.78 is 11.0. The third-order valence-electron chi connectivity index (χ3n) is 3.52. The first kappa shape index (κ1) is 16.3. The lowest BCUT2D eigenvalue weighted by Gasteiger charge is -2.10. The summed E-state index contributed by atoms with van der Waals surface area (Å²) in [5.74, 6) is 0.948. The van der Waals surface area contributed by atoms with Crippen LogP contribution in [0.5, 0.6) is 0 Å². The molecular weight excluding hydrogens is 324 g/mol. The third kappa shape index (κ3) is 3.66. The molecule has 0 aliphatic heterocycles. The summed E-state index contributed by atoms with van der Waals surface area (Å²) in [7, 11) is 0.526. The van der Waals surface area contributed by atoms with Crippen LogP contribution in [0, 0.1) is 0 Å². The second kappa shape index (κ2) is 7.33. The van der Waals surface area contributed by atoms with Gasteiger partial charge < -0.3 is 10.6 Å². The zero-order valence-electron chi connectivity index (χ0n) is 13.2. The van der Waals surface area contributed by atoms with E-state index >= 15 is 0 Å². The Morgan fingerprint density at radius 2 is 1.92 bits per heavy atom. The van der Waals surface area contributed by atoms with E-state index < -0.39 is 11.0 Å². The number of rotatable bonds is 6. The summed E-state index contributed by atoms with van der Waals surface area (Å²) in [6.45, 7) is 0.448. The third-order valence-corrected chi connectivity index (χ3v) is 4.13. The van der Waals surface area contributed by atoms with E-state index in [9.17, 15) is 4.21 Å². The minimum atomic E-state index is -1.35. The van der Waals surface area contributed by atoms with Crippen LogP contribution in [0.4, 0.5) is 11.5 Å². The molecular formula is C16H18N6OS. The van der Waals surface area contributed by atoms with E-state index in [1.807, 2.05) is 37.4 Å². The van der Waals surface area contributed by atoms with Crippen LogP contribution in [-0.2, 0) is 11.0 Å². The number of hydrogen-bond donors (Lipinski definition) is 3. The van der Waals surface area contributed by atoms with Crippen LogP contribution in [0.2, 0.25) is 0 Å². The highest BCUT2D eigenvalue weighted by Gasteiger charge is 2.10. The number of aromatic nitrogens is 3. The number of nitrogens with two attached hydrogens (primary N) is 1. The predicted molar refractivity (Wildman–Crippen MR) is 98.0 cm³/mol. The Morgan fingerprint density at radius 3 is 2.62 bits per heavy atom. The molecule has 0 bridgehead atoms. The molecule has 4 N–H and O–H groups in total. The van der Waals surface area contributed by atoms with Gasteiger partial charge >= 0.3 is 0 Å². The quantitative estimate of drug-likeness (QED) is 0.630. The minimum Gasteiger partial charge on any atom is -0.388 e. The molecule has 1 unspecified atom stereocenters. The number of pyridine rings is 1. The maximum Gasteiger partial charge on any atom is 0.154 e. The number of anilines is 2. The molecule has 0 spiro atoms. The fraction of sp³-hybridized carbons (Fsp3) is 0.188. The van der Waals surface area contributed by atoms with Crippen LogP contribution in [0.3, 0.4) is 0 Å². The van der Waals surface area contributed by atoms with E-state index in [2.05, 4.69) is 25.6 Å². The van der Waals surface area contributed by atoms with Crippen LogP contribution in [-0.4, -0.2) is 38.5 Å². The Bertz CT molecular complexity index is 868. The predicted octanol–water partition coefficient (Wildman–Crippen LogP) is 1.77. The molecule has 124 valence electrons. The summed E-state index contributed by atoms with van der Waals surface area (Å²) >= 11 is 0. The van der Waals surface area contributed by atoms with Gasteiger partial charge in [-0.1, -0.05) is 12.1 Å². The Balaban J connectivity index is 2.00. The number of nitrogens with zero attached hydrogens (tertiary/aromatic N) is 3. The maximum atomic E-state index is 11.0. The molecule has 2 aromatic heterocycles. The largest absolute Gasteiger partial charge is 0.388 e. The van der Waals surface area contributed by atoms with Gasteiger partial charge in [0, 0.05) is 37.2 Å². The van der Waals surface area contributed by atoms with Crippen LogP contribution >= 0.6 is 0 Å². The molecule has 0 aliphatic rings. The van der Waals surface area contributed by atoms with Gasteiger partial charge in [-0.25, -0.2) is 14.2 Å². The van der Waals surface area contributed by atoms with Crippen molar-refractivity contribution in [1.29, 1.82) is 0 Å². The highest BCUT2D eigenvalue weighted by Crippen LogP contribution is 2.26. The first-order chi connectivity index (χ1) is 11.7. The van der Waals surface area contributed by atoms with E-state index in [-0.39, 0.29) is 0 Å². The molecule has 0 fully saturated rings. The molecule has 3 aromatic rings. The van der Waals surface area contributed by atoms with Gasteiger partial charge in [0.05, 0.1) is 27.9 Å². The van der Waals surface area contributed by atoms with Crippen molar-refractivity contribution in [2.45, 2.75) is 0 Å². The van der Waals surface area contributed by atoms with Gasteiger partial charge in [-0.3, -0.25) is 10.1 Å². The topological polar surface area (TPSA) is 106 Å². The fourth-order valence-electron chi connectivity index (χ4n) is 2.32. The van der Waals surface area contributed by atoms with Crippen molar-refractivity contribution >= 4 is 33.5 Å². The molecule has 0 amide bonds. The monoisotopic (exact) mass is 342 g/mol. The summed E-state index contributed by atoms with van der Waals surface area (Å²) in [5.41, 5.74) is 4.23. The highest BCUT2D eigenvalue weighted by atomic mass is 32.2. The molecule has 0 aliphatic carbocycles. The lowest BCUT2D eigenvalue weighted by Crippen LogP contribution is -2.17. The van der Waals surface area contributed by atoms with E-state index in [1.54, 1.807) is 12.4 Å². The van der Waals surface area contributed by atoms with Gasteiger partial charge in [-0.2, -0.15) is 0 Å². The van der Waals surface area contributed by atoms with Gasteiger partial charge in [0.1, 0.15) is 5.52 Å². The Labute approximate surface area is 142 Å². The first-order valence-corrected chi connectivity index (χ1v) is 8.82. The van der Waals surface area contributed by atoms with Crippen molar-refractivity contribution in [3.05, 3.63) is 42.7 Å². The van der Waals surface area contributed by atoms with E-state index in [1.165, 1.54) is 0 Å². The zero-order valence-corrected chi connectivity index (χ0v) is 14.0. The summed E-state index contributed by atoms with van der Waals surface area (Å²) in [6.07, 6.45) is 3.27. The fourth-order valence-corrected chi connectivity index (χ4v) is 2.62. The highest BCUT2D eigenvalue weighted by molar-refractivity contribution is 7.82. The normalized spacial score (nSPS) is 12.1. The van der Waals surface area contributed by atoms with Crippen molar-refractivity contribution in [3.8, 4) is 11.3 Å². The number of benzene rings is 1. The van der Waals surface area contributed by atoms with Crippen molar-refractivity contribution in [2.75, 3.05) is 30.0 Å². The van der Waals surface area contributed by atoms with Gasteiger partial charge in [-0.15, -0.1) is 0 Å².